The number of pyridine rings is 2. The summed E-state index contributed by atoms with van der Waals surface area (Å²) in [5.74, 6) is -0.988. The Bertz CT molecular complexity index is 1820. The van der Waals surface area contributed by atoms with E-state index in [1.54, 1.807) is 12.3 Å². The average molecular weight is 662 g/mol. The molecule has 4 aromatic rings. The van der Waals surface area contributed by atoms with Gasteiger partial charge in [-0.1, -0.05) is 24.6 Å². The molecule has 3 aromatic heterocycles. The van der Waals surface area contributed by atoms with Crippen LogP contribution < -0.4 is 25.8 Å². The molecule has 4 N–H and O–H groups in total. The van der Waals surface area contributed by atoms with Crippen LogP contribution >= 0.6 is 11.6 Å². The third-order valence-electron chi connectivity index (χ3n) is 8.59. The molecule has 0 aliphatic carbocycles. The first kappa shape index (κ1) is 31.8. The number of rotatable bonds is 6. The van der Waals surface area contributed by atoms with Crippen LogP contribution in [0.3, 0.4) is 0 Å². The van der Waals surface area contributed by atoms with Gasteiger partial charge in [0.1, 0.15) is 29.6 Å². The van der Waals surface area contributed by atoms with E-state index in [2.05, 4.69) is 15.0 Å². The number of halogens is 5. The zero-order chi connectivity index (χ0) is 33.0. The molecular formula is C31H32ClF4N7O3. The Morgan fingerprint density at radius 1 is 1.15 bits per heavy atom. The van der Waals surface area contributed by atoms with Crippen molar-refractivity contribution in [3.63, 3.8) is 0 Å². The Kier molecular flexibility index (Phi) is 8.21. The van der Waals surface area contributed by atoms with Crippen LogP contribution in [0.2, 0.25) is 5.02 Å². The maximum atomic E-state index is 16.9. The highest BCUT2D eigenvalue weighted by Gasteiger charge is 2.40. The van der Waals surface area contributed by atoms with Crippen LogP contribution in [-0.2, 0) is 10.9 Å². The van der Waals surface area contributed by atoms with Gasteiger partial charge in [-0.25, -0.2) is 14.4 Å². The monoisotopic (exact) mass is 661 g/mol. The fraction of sp³-hybridized carbons (Fsp3) is 0.419. The van der Waals surface area contributed by atoms with Crippen molar-refractivity contribution in [2.24, 2.45) is 5.41 Å². The van der Waals surface area contributed by atoms with Gasteiger partial charge in [-0.2, -0.15) is 23.1 Å². The van der Waals surface area contributed by atoms with Gasteiger partial charge in [-0.3, -0.25) is 0 Å². The molecule has 0 bridgehead atoms. The average Bonchev–Trinajstić information content (AvgIpc) is 3.18. The normalized spacial score (nSPS) is 17.0. The van der Waals surface area contributed by atoms with Gasteiger partial charge in [-0.15, -0.1) is 0 Å². The summed E-state index contributed by atoms with van der Waals surface area (Å²) in [5, 5.41) is -0.353. The summed E-state index contributed by atoms with van der Waals surface area (Å²) in [6.45, 7) is 6.70. The van der Waals surface area contributed by atoms with Crippen LogP contribution in [0.4, 0.5) is 35.0 Å². The summed E-state index contributed by atoms with van der Waals surface area (Å²) in [4.78, 5) is 19.1. The molecule has 10 nitrogen and oxygen atoms in total. The summed E-state index contributed by atoms with van der Waals surface area (Å²) in [6, 6.07) is 4.00. The highest BCUT2D eigenvalue weighted by atomic mass is 35.5. The minimum Gasteiger partial charge on any atom is -0.489 e. The van der Waals surface area contributed by atoms with Crippen molar-refractivity contribution in [2.75, 3.05) is 49.3 Å². The Labute approximate surface area is 267 Å². The zero-order valence-corrected chi connectivity index (χ0v) is 26.1. The number of alkyl halides is 3. The van der Waals surface area contributed by atoms with E-state index in [0.29, 0.717) is 18.8 Å². The van der Waals surface area contributed by atoms with Crippen LogP contribution in [0.5, 0.6) is 11.8 Å². The molecule has 0 amide bonds. The molecule has 15 heteroatoms. The van der Waals surface area contributed by atoms with Gasteiger partial charge < -0.3 is 30.6 Å². The second-order valence-electron chi connectivity index (χ2n) is 11.9. The van der Waals surface area contributed by atoms with Gasteiger partial charge in [0.05, 0.1) is 46.4 Å². The predicted molar refractivity (Wildman–Crippen MR) is 165 cm³/mol. The number of anilines is 3. The number of nitrogens with two attached hydrogens (primary N) is 2. The molecule has 6 rings (SSSR count). The molecule has 2 aliphatic heterocycles. The van der Waals surface area contributed by atoms with Crippen molar-refractivity contribution >= 4 is 40.0 Å². The van der Waals surface area contributed by atoms with Crippen LogP contribution in [0.25, 0.3) is 22.2 Å². The highest BCUT2D eigenvalue weighted by molar-refractivity contribution is 6.36. The van der Waals surface area contributed by atoms with Crippen molar-refractivity contribution < 1.29 is 31.8 Å². The second kappa shape index (κ2) is 11.9. The zero-order valence-electron chi connectivity index (χ0n) is 25.3. The van der Waals surface area contributed by atoms with Crippen molar-refractivity contribution in [2.45, 2.75) is 45.8 Å². The highest BCUT2D eigenvalue weighted by Crippen LogP contribution is 2.51. The summed E-state index contributed by atoms with van der Waals surface area (Å²) in [5.41, 5.74) is 9.31. The van der Waals surface area contributed by atoms with Crippen LogP contribution in [0.15, 0.2) is 24.4 Å². The topological polar surface area (TPSA) is 135 Å². The quantitative estimate of drug-likeness (QED) is 0.220. The van der Waals surface area contributed by atoms with Crippen molar-refractivity contribution in [3.8, 4) is 23.0 Å². The SMILES string of the molecule is Cc1cc(N)nc(-c2c(Cl)c3c4c(nc(OCC5(C)CCOCC5)nc4c2F)N([C@H](C)c2cccnc2N)CCO3)c1C(F)(F)F. The molecule has 2 aliphatic rings. The largest absolute Gasteiger partial charge is 0.489 e. The van der Waals surface area contributed by atoms with Gasteiger partial charge in [0.15, 0.2) is 11.6 Å². The smallest absolute Gasteiger partial charge is 0.418 e. The van der Waals surface area contributed by atoms with Crippen molar-refractivity contribution in [3.05, 3.63) is 51.9 Å². The van der Waals surface area contributed by atoms with Crippen molar-refractivity contribution in [1.82, 2.24) is 19.9 Å². The Hall–Kier alpha value is -4.17. The maximum Gasteiger partial charge on any atom is 0.418 e. The summed E-state index contributed by atoms with van der Waals surface area (Å²) in [7, 11) is 0. The first-order chi connectivity index (χ1) is 21.8. The lowest BCUT2D eigenvalue weighted by Crippen LogP contribution is -2.33. The number of hydrogen-bond donors (Lipinski definition) is 2. The Morgan fingerprint density at radius 2 is 1.89 bits per heavy atom. The fourth-order valence-electron chi connectivity index (χ4n) is 6.01. The molecule has 5 heterocycles. The molecule has 1 atom stereocenters. The first-order valence-corrected chi connectivity index (χ1v) is 15.0. The van der Waals surface area contributed by atoms with Gasteiger partial charge in [0, 0.05) is 30.4 Å². The Morgan fingerprint density at radius 3 is 2.59 bits per heavy atom. The third-order valence-corrected chi connectivity index (χ3v) is 8.95. The predicted octanol–water partition coefficient (Wildman–Crippen LogP) is 6.53. The van der Waals surface area contributed by atoms with E-state index in [0.717, 1.165) is 18.9 Å². The number of aryl methyl sites for hydroxylation is 1. The van der Waals surface area contributed by atoms with E-state index in [9.17, 15) is 13.2 Å². The van der Waals surface area contributed by atoms with Crippen LogP contribution in [-0.4, -0.2) is 52.9 Å². The molecule has 0 spiro atoms. The molecular weight excluding hydrogens is 630 g/mol. The molecule has 244 valence electrons. The summed E-state index contributed by atoms with van der Waals surface area (Å²) < 4.78 is 77.7. The fourth-order valence-corrected chi connectivity index (χ4v) is 6.34. The summed E-state index contributed by atoms with van der Waals surface area (Å²) in [6.07, 6.45) is -1.89. The molecule has 1 aromatic carbocycles. The Balaban J connectivity index is 1.61. The molecule has 1 saturated heterocycles. The van der Waals surface area contributed by atoms with E-state index in [4.69, 9.17) is 42.3 Å². The molecule has 1 fully saturated rings. The number of aromatic nitrogens is 4. The van der Waals surface area contributed by atoms with Gasteiger partial charge in [-0.05, 0) is 44.4 Å². The number of nitrogens with zero attached hydrogens (tertiary/aromatic N) is 5. The van der Waals surface area contributed by atoms with E-state index in [-0.39, 0.29) is 70.9 Å². The minimum absolute atomic E-state index is 0.0184. The number of hydrogen-bond acceptors (Lipinski definition) is 10. The maximum absolute atomic E-state index is 16.9. The molecule has 0 radical (unpaired) electrons. The van der Waals surface area contributed by atoms with Gasteiger partial charge in [0.25, 0.3) is 0 Å². The lowest BCUT2D eigenvalue weighted by Gasteiger charge is -2.33. The number of benzene rings is 1. The number of nitrogen functional groups attached to an aromatic ring is 2. The first-order valence-electron chi connectivity index (χ1n) is 14.7. The van der Waals surface area contributed by atoms with E-state index in [1.807, 2.05) is 24.8 Å². The van der Waals surface area contributed by atoms with Crippen LogP contribution in [0.1, 0.15) is 49.4 Å². The lowest BCUT2D eigenvalue weighted by atomic mass is 9.83. The molecule has 46 heavy (non-hydrogen) atoms. The second-order valence-corrected chi connectivity index (χ2v) is 12.3. The molecule has 0 unspecified atom stereocenters. The third kappa shape index (κ3) is 5.68. The van der Waals surface area contributed by atoms with Gasteiger partial charge in [0.2, 0.25) is 0 Å². The lowest BCUT2D eigenvalue weighted by molar-refractivity contribution is -0.137. The van der Waals surface area contributed by atoms with Crippen LogP contribution in [0, 0.1) is 18.2 Å². The summed E-state index contributed by atoms with van der Waals surface area (Å²) >= 11 is 6.76. The van der Waals surface area contributed by atoms with E-state index >= 15 is 4.39 Å². The standard InChI is InChI=1S/C31H32ClF4N7O3/c1-15-13-18(37)40-24(21(15)31(34,35)36)19-22(32)26-20-25(23(19)33)41-29(46-14-30(3)6-10-44-11-7-30)42-28(20)43(9-12-45-26)16(2)17-5-4-8-39-27(17)38/h4-5,8,13,16H,6-7,9-12,14H2,1-3H3,(H2,37,40)(H2,38,39)/t16-/m1/s1. The van der Waals surface area contributed by atoms with E-state index < -0.39 is 39.9 Å². The van der Waals surface area contributed by atoms with Gasteiger partial charge >= 0.3 is 12.2 Å². The number of ether oxygens (including phenoxy) is 3. The molecule has 0 saturated carbocycles. The van der Waals surface area contributed by atoms with E-state index in [1.165, 1.54) is 6.92 Å². The minimum atomic E-state index is -4.90. The van der Waals surface area contributed by atoms with Crippen molar-refractivity contribution in [1.29, 1.82) is 0 Å².